The molecule has 3 aromatic carbocycles. The number of anilines is 5. The minimum Gasteiger partial charge on any atom is -0.508 e. The predicted octanol–water partition coefficient (Wildman–Crippen LogP) is 3.95. The summed E-state index contributed by atoms with van der Waals surface area (Å²) in [5.41, 5.74) is 2.10. The number of rotatable bonds is 16. The Balaban J connectivity index is 1.21. The molecule has 1 heterocycles. The minimum absolute atomic E-state index is 0.126. The summed E-state index contributed by atoms with van der Waals surface area (Å²) in [7, 11) is 1.61. The molecule has 0 saturated heterocycles. The first-order valence-electron chi connectivity index (χ1n) is 13.0. The molecule has 4 aromatic rings. The van der Waals surface area contributed by atoms with Gasteiger partial charge in [-0.25, -0.2) is 0 Å². The number of ether oxygens (including phenoxy) is 3. The van der Waals surface area contributed by atoms with Crippen LogP contribution in [0.1, 0.15) is 10.4 Å². The molecule has 0 spiro atoms. The lowest BCUT2D eigenvalue weighted by Crippen LogP contribution is -2.27. The van der Waals surface area contributed by atoms with Gasteiger partial charge in [-0.15, -0.1) is 0 Å². The maximum Gasteiger partial charge on any atom is 0.251 e. The quantitative estimate of drug-likeness (QED) is 0.100. The van der Waals surface area contributed by atoms with E-state index in [-0.39, 0.29) is 11.7 Å². The van der Waals surface area contributed by atoms with Crippen LogP contribution in [0.4, 0.5) is 29.2 Å². The Labute approximate surface area is 238 Å². The molecule has 12 heteroatoms. The maximum absolute atomic E-state index is 12.0. The fourth-order valence-corrected chi connectivity index (χ4v) is 3.53. The number of benzene rings is 3. The molecule has 1 aromatic heterocycles. The van der Waals surface area contributed by atoms with Gasteiger partial charge in [-0.3, -0.25) is 4.79 Å². The van der Waals surface area contributed by atoms with E-state index < -0.39 is 0 Å². The Hall–Kier alpha value is -4.94. The van der Waals surface area contributed by atoms with E-state index in [4.69, 9.17) is 14.2 Å². The van der Waals surface area contributed by atoms with E-state index in [9.17, 15) is 9.90 Å². The Morgan fingerprint density at radius 2 is 1.27 bits per heavy atom. The summed E-state index contributed by atoms with van der Waals surface area (Å²) in [6, 6.07) is 23.0. The normalized spacial score (nSPS) is 10.6. The molecule has 0 unspecified atom stereocenters. The molecule has 0 atom stereocenters. The molecule has 4 rings (SSSR count). The van der Waals surface area contributed by atoms with Crippen molar-refractivity contribution in [3.63, 3.8) is 0 Å². The molecule has 0 radical (unpaired) electrons. The first kappa shape index (κ1) is 29.1. The second-order valence-electron chi connectivity index (χ2n) is 8.61. The topological polar surface area (TPSA) is 152 Å². The summed E-state index contributed by atoms with van der Waals surface area (Å²) >= 11 is 0. The van der Waals surface area contributed by atoms with Crippen LogP contribution in [0.3, 0.4) is 0 Å². The molecule has 214 valence electrons. The SMILES string of the molecule is COc1ccc(Nc2nc(NCCOCCOCCNC(=O)c3ccccc3)nc(Nc3ccc(O)cc3)n2)cc1. The summed E-state index contributed by atoms with van der Waals surface area (Å²) in [6.45, 7) is 2.49. The van der Waals surface area contributed by atoms with Crippen LogP contribution in [0.5, 0.6) is 11.5 Å². The van der Waals surface area contributed by atoms with Crippen molar-refractivity contribution in [2.75, 3.05) is 62.6 Å². The van der Waals surface area contributed by atoms with Gasteiger partial charge in [0.25, 0.3) is 5.91 Å². The monoisotopic (exact) mass is 559 g/mol. The lowest BCUT2D eigenvalue weighted by atomic mass is 10.2. The van der Waals surface area contributed by atoms with Crippen molar-refractivity contribution in [1.29, 1.82) is 0 Å². The standard InChI is InChI=1S/C29H33N7O5/c1-39-25-13-9-23(10-14-25)33-29-35-27(34-28(36-29)32-22-7-11-24(37)12-8-22)31-16-18-41-20-19-40-17-15-30-26(38)21-5-3-2-4-6-21/h2-14,37H,15-20H2,1H3,(H,30,38)(H3,31,32,33,34,35,36). The van der Waals surface area contributed by atoms with E-state index in [1.165, 1.54) is 0 Å². The lowest BCUT2D eigenvalue weighted by molar-refractivity contribution is 0.0519. The van der Waals surface area contributed by atoms with Crippen molar-refractivity contribution in [2.24, 2.45) is 0 Å². The highest BCUT2D eigenvalue weighted by atomic mass is 16.5. The van der Waals surface area contributed by atoms with Crippen LogP contribution in [0.15, 0.2) is 78.9 Å². The third-order valence-corrected chi connectivity index (χ3v) is 5.57. The summed E-state index contributed by atoms with van der Waals surface area (Å²) in [5.74, 6) is 1.78. The zero-order chi connectivity index (χ0) is 28.7. The highest BCUT2D eigenvalue weighted by Crippen LogP contribution is 2.21. The molecule has 0 saturated carbocycles. The van der Waals surface area contributed by atoms with Crippen molar-refractivity contribution in [3.05, 3.63) is 84.4 Å². The van der Waals surface area contributed by atoms with Gasteiger partial charge >= 0.3 is 0 Å². The third kappa shape index (κ3) is 9.95. The zero-order valence-electron chi connectivity index (χ0n) is 22.7. The molecule has 0 aliphatic heterocycles. The fraction of sp³-hybridized carbons (Fsp3) is 0.241. The van der Waals surface area contributed by atoms with E-state index in [1.54, 1.807) is 43.5 Å². The molecule has 0 aliphatic rings. The molecule has 0 aliphatic carbocycles. The Morgan fingerprint density at radius 3 is 1.88 bits per heavy atom. The molecule has 41 heavy (non-hydrogen) atoms. The third-order valence-electron chi connectivity index (χ3n) is 5.57. The Kier molecular flexibility index (Phi) is 11.1. The number of aromatic hydroxyl groups is 1. The number of amides is 1. The number of carbonyl (C=O) groups excluding carboxylic acids is 1. The molecule has 0 fully saturated rings. The first-order chi connectivity index (χ1) is 20.1. The second-order valence-corrected chi connectivity index (χ2v) is 8.61. The van der Waals surface area contributed by atoms with Crippen LogP contribution in [-0.4, -0.2) is 72.6 Å². The van der Waals surface area contributed by atoms with Gasteiger partial charge in [0.1, 0.15) is 11.5 Å². The maximum atomic E-state index is 12.0. The lowest BCUT2D eigenvalue weighted by Gasteiger charge is -2.12. The van der Waals surface area contributed by atoms with Crippen molar-refractivity contribution in [2.45, 2.75) is 0 Å². The van der Waals surface area contributed by atoms with E-state index in [0.29, 0.717) is 68.6 Å². The predicted molar refractivity (Wildman–Crippen MR) is 156 cm³/mol. The van der Waals surface area contributed by atoms with E-state index in [2.05, 4.69) is 36.2 Å². The average molecular weight is 560 g/mol. The number of hydrogen-bond donors (Lipinski definition) is 5. The average Bonchev–Trinajstić information content (AvgIpc) is 3.00. The van der Waals surface area contributed by atoms with Crippen LogP contribution in [0, 0.1) is 0 Å². The molecule has 1 amide bonds. The summed E-state index contributed by atoms with van der Waals surface area (Å²) in [6.07, 6.45) is 0. The highest BCUT2D eigenvalue weighted by molar-refractivity contribution is 5.94. The zero-order valence-corrected chi connectivity index (χ0v) is 22.7. The van der Waals surface area contributed by atoms with Crippen LogP contribution in [-0.2, 0) is 9.47 Å². The van der Waals surface area contributed by atoms with Crippen molar-refractivity contribution in [1.82, 2.24) is 20.3 Å². The van der Waals surface area contributed by atoms with E-state index in [1.807, 2.05) is 42.5 Å². The van der Waals surface area contributed by atoms with E-state index in [0.717, 1.165) is 11.4 Å². The number of carbonyl (C=O) groups is 1. The van der Waals surface area contributed by atoms with Crippen LogP contribution >= 0.6 is 0 Å². The van der Waals surface area contributed by atoms with Gasteiger partial charge in [-0.2, -0.15) is 15.0 Å². The van der Waals surface area contributed by atoms with Crippen LogP contribution < -0.4 is 26.0 Å². The highest BCUT2D eigenvalue weighted by Gasteiger charge is 2.08. The number of phenolic OH excluding ortho intramolecular Hbond substituents is 1. The number of phenols is 1. The van der Waals surface area contributed by atoms with Gasteiger partial charge in [0.15, 0.2) is 0 Å². The van der Waals surface area contributed by atoms with Gasteiger partial charge in [0, 0.05) is 30.0 Å². The molecule has 0 bridgehead atoms. The number of aromatic nitrogens is 3. The van der Waals surface area contributed by atoms with Crippen molar-refractivity contribution in [3.8, 4) is 11.5 Å². The van der Waals surface area contributed by atoms with Crippen LogP contribution in [0.25, 0.3) is 0 Å². The molecular formula is C29H33N7O5. The Bertz CT molecular complexity index is 1360. The second kappa shape index (κ2) is 15.6. The van der Waals surface area contributed by atoms with Crippen molar-refractivity contribution < 1.29 is 24.1 Å². The minimum atomic E-state index is -0.126. The van der Waals surface area contributed by atoms with Crippen molar-refractivity contribution >= 4 is 35.1 Å². The van der Waals surface area contributed by atoms with Gasteiger partial charge in [-0.1, -0.05) is 18.2 Å². The number of methoxy groups -OCH3 is 1. The van der Waals surface area contributed by atoms with Crippen LogP contribution in [0.2, 0.25) is 0 Å². The summed E-state index contributed by atoms with van der Waals surface area (Å²) in [5, 5.41) is 21.8. The van der Waals surface area contributed by atoms with Gasteiger partial charge in [0.2, 0.25) is 17.8 Å². The molecule has 5 N–H and O–H groups in total. The summed E-state index contributed by atoms with van der Waals surface area (Å²) in [4.78, 5) is 25.4. The fourth-order valence-electron chi connectivity index (χ4n) is 3.53. The molecule has 12 nitrogen and oxygen atoms in total. The van der Waals surface area contributed by atoms with Gasteiger partial charge in [0.05, 0.1) is 33.5 Å². The van der Waals surface area contributed by atoms with E-state index >= 15 is 0 Å². The summed E-state index contributed by atoms with van der Waals surface area (Å²) < 4.78 is 16.4. The Morgan fingerprint density at radius 1 is 0.707 bits per heavy atom. The molecular weight excluding hydrogens is 526 g/mol. The first-order valence-corrected chi connectivity index (χ1v) is 13.0. The van der Waals surface area contributed by atoms with Gasteiger partial charge < -0.3 is 40.6 Å². The number of hydrogen-bond acceptors (Lipinski definition) is 11. The number of nitrogens with zero attached hydrogens (tertiary/aromatic N) is 3. The smallest absolute Gasteiger partial charge is 0.251 e. The largest absolute Gasteiger partial charge is 0.508 e. The van der Waals surface area contributed by atoms with Gasteiger partial charge in [-0.05, 0) is 60.7 Å². The number of nitrogens with one attached hydrogen (secondary N) is 4.